The smallest absolute Gasteiger partial charge is 0.247 e. The molecular weight excluding hydrogens is 250 g/mol. The van der Waals surface area contributed by atoms with Gasteiger partial charge in [0.2, 0.25) is 11.8 Å². The fourth-order valence-corrected chi connectivity index (χ4v) is 2.90. The van der Waals surface area contributed by atoms with Crippen molar-refractivity contribution in [1.82, 2.24) is 15.5 Å². The van der Waals surface area contributed by atoms with Crippen molar-refractivity contribution < 1.29 is 4.42 Å². The summed E-state index contributed by atoms with van der Waals surface area (Å²) in [6, 6.07) is 9.87. The van der Waals surface area contributed by atoms with Crippen LogP contribution in [0.4, 0.5) is 0 Å². The van der Waals surface area contributed by atoms with Gasteiger partial charge in [0, 0.05) is 12.1 Å². The van der Waals surface area contributed by atoms with Crippen molar-refractivity contribution in [2.24, 2.45) is 5.41 Å². The van der Waals surface area contributed by atoms with Gasteiger partial charge in [-0.15, -0.1) is 10.2 Å². The third-order valence-electron chi connectivity index (χ3n) is 4.13. The van der Waals surface area contributed by atoms with E-state index in [9.17, 15) is 0 Å². The molecule has 0 amide bonds. The van der Waals surface area contributed by atoms with Gasteiger partial charge in [-0.05, 0) is 30.4 Å². The molecule has 0 aliphatic heterocycles. The Kier molecular flexibility index (Phi) is 3.83. The van der Waals surface area contributed by atoms with Gasteiger partial charge in [0.15, 0.2) is 0 Å². The molecule has 1 heterocycles. The summed E-state index contributed by atoms with van der Waals surface area (Å²) in [5.74, 6) is 1.25. The summed E-state index contributed by atoms with van der Waals surface area (Å²) in [4.78, 5) is 0. The van der Waals surface area contributed by atoms with Crippen molar-refractivity contribution in [3.63, 3.8) is 0 Å². The molecule has 106 valence electrons. The largest absolute Gasteiger partial charge is 0.419 e. The Bertz CT molecular complexity index is 544. The van der Waals surface area contributed by atoms with Crippen molar-refractivity contribution in [3.05, 3.63) is 36.2 Å². The van der Waals surface area contributed by atoms with Crippen LogP contribution in [0.15, 0.2) is 34.7 Å². The van der Waals surface area contributed by atoms with Gasteiger partial charge in [-0.3, -0.25) is 0 Å². The molecule has 0 atom stereocenters. The minimum Gasteiger partial charge on any atom is -0.419 e. The minimum atomic E-state index is 0.447. The average Bonchev–Trinajstić information content (AvgIpc) is 3.10. The molecule has 0 unspecified atom stereocenters. The van der Waals surface area contributed by atoms with Crippen molar-refractivity contribution in [2.45, 2.75) is 39.2 Å². The molecule has 4 heteroatoms. The Hall–Kier alpha value is -1.68. The van der Waals surface area contributed by atoms with Gasteiger partial charge in [-0.25, -0.2) is 0 Å². The van der Waals surface area contributed by atoms with E-state index in [0.29, 0.717) is 23.7 Å². The Morgan fingerprint density at radius 3 is 2.65 bits per heavy atom. The Labute approximate surface area is 119 Å². The fraction of sp³-hybridized carbons (Fsp3) is 0.500. The molecule has 1 aromatic heterocycles. The van der Waals surface area contributed by atoms with Crippen LogP contribution in [0, 0.1) is 5.41 Å². The third-order valence-corrected chi connectivity index (χ3v) is 4.13. The average molecular weight is 271 g/mol. The molecule has 1 N–H and O–H groups in total. The predicted molar refractivity (Wildman–Crippen MR) is 78.0 cm³/mol. The first kappa shape index (κ1) is 13.3. The number of hydrogen-bond acceptors (Lipinski definition) is 4. The van der Waals surface area contributed by atoms with Crippen molar-refractivity contribution >= 4 is 0 Å². The first-order chi connectivity index (χ1) is 9.75. The molecule has 20 heavy (non-hydrogen) atoms. The van der Waals surface area contributed by atoms with E-state index in [0.717, 1.165) is 12.1 Å². The van der Waals surface area contributed by atoms with Crippen LogP contribution in [0.25, 0.3) is 11.5 Å². The number of benzene rings is 1. The second-order valence-corrected chi connectivity index (χ2v) is 5.99. The highest BCUT2D eigenvalue weighted by atomic mass is 16.4. The molecule has 3 rings (SSSR count). The maximum Gasteiger partial charge on any atom is 0.247 e. The number of nitrogens with zero attached hydrogens (tertiary/aromatic N) is 2. The zero-order valence-electron chi connectivity index (χ0n) is 11.9. The van der Waals surface area contributed by atoms with E-state index in [1.807, 2.05) is 30.3 Å². The van der Waals surface area contributed by atoms with Gasteiger partial charge >= 0.3 is 0 Å². The monoisotopic (exact) mass is 271 g/mol. The lowest BCUT2D eigenvalue weighted by atomic mass is 9.89. The van der Waals surface area contributed by atoms with Gasteiger partial charge in [-0.1, -0.05) is 38.0 Å². The fourth-order valence-electron chi connectivity index (χ4n) is 2.90. The molecule has 0 saturated heterocycles. The normalized spacial score (nSPS) is 17.4. The maximum atomic E-state index is 5.68. The summed E-state index contributed by atoms with van der Waals surface area (Å²) >= 11 is 0. The maximum absolute atomic E-state index is 5.68. The lowest BCUT2D eigenvalue weighted by molar-refractivity contribution is 0.307. The highest BCUT2D eigenvalue weighted by Crippen LogP contribution is 2.36. The topological polar surface area (TPSA) is 51.0 Å². The van der Waals surface area contributed by atoms with Crippen LogP contribution < -0.4 is 5.32 Å². The van der Waals surface area contributed by atoms with Crippen LogP contribution >= 0.6 is 0 Å². The molecule has 1 fully saturated rings. The summed E-state index contributed by atoms with van der Waals surface area (Å²) < 4.78 is 5.68. The summed E-state index contributed by atoms with van der Waals surface area (Å²) in [6.45, 7) is 4.03. The van der Waals surface area contributed by atoms with Gasteiger partial charge < -0.3 is 9.73 Å². The van der Waals surface area contributed by atoms with Crippen LogP contribution in [0.2, 0.25) is 0 Å². The second kappa shape index (κ2) is 5.75. The minimum absolute atomic E-state index is 0.447. The molecule has 1 aromatic carbocycles. The van der Waals surface area contributed by atoms with E-state index < -0.39 is 0 Å². The summed E-state index contributed by atoms with van der Waals surface area (Å²) in [7, 11) is 0. The van der Waals surface area contributed by atoms with Gasteiger partial charge in [0.05, 0.1) is 6.54 Å². The molecule has 1 saturated carbocycles. The highest BCUT2D eigenvalue weighted by molar-refractivity contribution is 5.51. The van der Waals surface area contributed by atoms with E-state index in [4.69, 9.17) is 4.42 Å². The molecule has 1 aliphatic rings. The molecular formula is C16H21N3O. The standard InChI is InChI=1S/C16H21N3O/c1-16(9-5-6-10-16)12-17-11-14-18-19-15(20-14)13-7-3-2-4-8-13/h2-4,7-8,17H,5-6,9-12H2,1H3. The van der Waals surface area contributed by atoms with Crippen molar-refractivity contribution in [3.8, 4) is 11.5 Å². The van der Waals surface area contributed by atoms with E-state index in [1.54, 1.807) is 0 Å². The summed E-state index contributed by atoms with van der Waals surface area (Å²) in [5, 5.41) is 11.7. The number of hydrogen-bond donors (Lipinski definition) is 1. The zero-order chi connectivity index (χ0) is 13.8. The van der Waals surface area contributed by atoms with E-state index in [1.165, 1.54) is 25.7 Å². The van der Waals surface area contributed by atoms with Crippen LogP contribution in [-0.2, 0) is 6.54 Å². The zero-order valence-corrected chi connectivity index (χ0v) is 11.9. The number of aromatic nitrogens is 2. The van der Waals surface area contributed by atoms with E-state index in [2.05, 4.69) is 22.4 Å². The first-order valence-corrected chi connectivity index (χ1v) is 7.34. The molecule has 0 spiro atoms. The van der Waals surface area contributed by atoms with Crippen LogP contribution in [0.1, 0.15) is 38.5 Å². The lowest BCUT2D eigenvalue weighted by Crippen LogP contribution is -2.29. The molecule has 2 aromatic rings. The van der Waals surface area contributed by atoms with Crippen LogP contribution in [0.3, 0.4) is 0 Å². The van der Waals surface area contributed by atoms with Gasteiger partial charge in [0.1, 0.15) is 0 Å². The summed E-state index contributed by atoms with van der Waals surface area (Å²) in [6.07, 6.45) is 5.35. The molecule has 0 bridgehead atoms. The van der Waals surface area contributed by atoms with Crippen LogP contribution in [-0.4, -0.2) is 16.7 Å². The first-order valence-electron chi connectivity index (χ1n) is 7.34. The van der Waals surface area contributed by atoms with E-state index >= 15 is 0 Å². The highest BCUT2D eigenvalue weighted by Gasteiger charge is 2.28. The summed E-state index contributed by atoms with van der Waals surface area (Å²) in [5.41, 5.74) is 1.41. The van der Waals surface area contributed by atoms with E-state index in [-0.39, 0.29) is 0 Å². The quantitative estimate of drug-likeness (QED) is 0.905. The predicted octanol–water partition coefficient (Wildman–Crippen LogP) is 3.41. The van der Waals surface area contributed by atoms with Crippen LogP contribution in [0.5, 0.6) is 0 Å². The number of rotatable bonds is 5. The molecule has 4 nitrogen and oxygen atoms in total. The van der Waals surface area contributed by atoms with Gasteiger partial charge in [-0.2, -0.15) is 0 Å². The van der Waals surface area contributed by atoms with Crippen molar-refractivity contribution in [1.29, 1.82) is 0 Å². The molecule has 1 aliphatic carbocycles. The Morgan fingerprint density at radius 2 is 1.90 bits per heavy atom. The molecule has 0 radical (unpaired) electrons. The van der Waals surface area contributed by atoms with Gasteiger partial charge in [0.25, 0.3) is 0 Å². The Morgan fingerprint density at radius 1 is 1.15 bits per heavy atom. The second-order valence-electron chi connectivity index (χ2n) is 5.99. The van der Waals surface area contributed by atoms with Crippen molar-refractivity contribution in [2.75, 3.05) is 6.54 Å². The number of nitrogens with one attached hydrogen (secondary N) is 1. The Balaban J connectivity index is 1.55. The SMILES string of the molecule is CC1(CNCc2nnc(-c3ccccc3)o2)CCCC1. The third kappa shape index (κ3) is 3.07. The lowest BCUT2D eigenvalue weighted by Gasteiger charge is -2.23.